The van der Waals surface area contributed by atoms with Crippen molar-refractivity contribution >= 4 is 0 Å². The standard InChI is InChI=1S/C23H40O/c1-8-23(24,17-15-21(6)13-9-11-19(2)3)18-16-22(7)14-10-12-20(4)5/h11-12,15-16,24H,8-10,13-14,17-18H2,1-7H3/b21-15+,22-16+. The van der Waals surface area contributed by atoms with E-state index >= 15 is 0 Å². The molecule has 0 atom stereocenters. The normalized spacial score (nSPS) is 13.0. The molecule has 0 unspecified atom stereocenters. The second-order valence-electron chi connectivity index (χ2n) is 7.73. The highest BCUT2D eigenvalue weighted by Crippen LogP contribution is 2.24. The highest BCUT2D eigenvalue weighted by Gasteiger charge is 2.21. The van der Waals surface area contributed by atoms with Gasteiger partial charge in [0.2, 0.25) is 0 Å². The van der Waals surface area contributed by atoms with Gasteiger partial charge in [-0.15, -0.1) is 0 Å². The van der Waals surface area contributed by atoms with Crippen LogP contribution in [0.5, 0.6) is 0 Å². The van der Waals surface area contributed by atoms with E-state index in [1.165, 1.54) is 22.3 Å². The SMILES string of the molecule is CCC(O)(C/C=C(\C)CCC=C(C)C)C/C=C(\C)CCC=C(C)C. The van der Waals surface area contributed by atoms with E-state index in [1.807, 2.05) is 0 Å². The topological polar surface area (TPSA) is 20.2 Å². The Morgan fingerprint density at radius 1 is 0.708 bits per heavy atom. The van der Waals surface area contributed by atoms with E-state index in [2.05, 4.69) is 72.8 Å². The Kier molecular flexibility index (Phi) is 11.8. The van der Waals surface area contributed by atoms with Gasteiger partial charge in [0.1, 0.15) is 0 Å². The fourth-order valence-electron chi connectivity index (χ4n) is 2.48. The summed E-state index contributed by atoms with van der Waals surface area (Å²) in [4.78, 5) is 0. The van der Waals surface area contributed by atoms with Gasteiger partial charge < -0.3 is 5.11 Å². The van der Waals surface area contributed by atoms with Gasteiger partial charge >= 0.3 is 0 Å². The quantitative estimate of drug-likeness (QED) is 0.394. The summed E-state index contributed by atoms with van der Waals surface area (Å²) in [7, 11) is 0. The molecule has 0 saturated carbocycles. The zero-order chi connectivity index (χ0) is 18.6. The molecule has 1 heteroatoms. The van der Waals surface area contributed by atoms with Crippen LogP contribution in [0, 0.1) is 0 Å². The first kappa shape index (κ1) is 22.9. The molecule has 24 heavy (non-hydrogen) atoms. The molecule has 0 spiro atoms. The molecule has 0 amide bonds. The van der Waals surface area contributed by atoms with Gasteiger partial charge in [0.25, 0.3) is 0 Å². The van der Waals surface area contributed by atoms with Crippen LogP contribution in [0.15, 0.2) is 46.6 Å². The number of aliphatic hydroxyl groups is 1. The van der Waals surface area contributed by atoms with Crippen LogP contribution in [-0.4, -0.2) is 10.7 Å². The van der Waals surface area contributed by atoms with E-state index in [-0.39, 0.29) is 0 Å². The average Bonchev–Trinajstić information content (AvgIpc) is 2.50. The zero-order valence-electron chi connectivity index (χ0n) is 17.2. The average molecular weight is 333 g/mol. The first-order valence-corrected chi connectivity index (χ1v) is 9.49. The maximum Gasteiger partial charge on any atom is 0.0713 e. The lowest BCUT2D eigenvalue weighted by atomic mass is 9.90. The molecule has 0 saturated heterocycles. The Balaban J connectivity index is 4.51. The second-order valence-corrected chi connectivity index (χ2v) is 7.73. The number of hydrogen-bond donors (Lipinski definition) is 1. The lowest BCUT2D eigenvalue weighted by Gasteiger charge is -2.24. The zero-order valence-corrected chi connectivity index (χ0v) is 17.2. The van der Waals surface area contributed by atoms with Crippen LogP contribution in [0.1, 0.15) is 93.4 Å². The maximum atomic E-state index is 10.8. The molecule has 0 aromatic carbocycles. The summed E-state index contributed by atoms with van der Waals surface area (Å²) in [5.41, 5.74) is 4.91. The number of rotatable bonds is 11. The molecule has 0 rings (SSSR count). The van der Waals surface area contributed by atoms with Crippen LogP contribution in [0.4, 0.5) is 0 Å². The Hall–Kier alpha value is -1.08. The van der Waals surface area contributed by atoms with Crippen LogP contribution >= 0.6 is 0 Å². The molecule has 0 aliphatic rings. The van der Waals surface area contributed by atoms with Crippen molar-refractivity contribution in [1.82, 2.24) is 0 Å². The Morgan fingerprint density at radius 3 is 1.38 bits per heavy atom. The van der Waals surface area contributed by atoms with E-state index in [0.717, 1.165) is 44.9 Å². The highest BCUT2D eigenvalue weighted by atomic mass is 16.3. The third kappa shape index (κ3) is 12.4. The van der Waals surface area contributed by atoms with Gasteiger partial charge in [-0.05, 0) is 86.5 Å². The number of hydrogen-bond acceptors (Lipinski definition) is 1. The van der Waals surface area contributed by atoms with Crippen molar-refractivity contribution in [3.63, 3.8) is 0 Å². The first-order chi connectivity index (χ1) is 11.2. The van der Waals surface area contributed by atoms with Crippen molar-refractivity contribution in [3.05, 3.63) is 46.6 Å². The third-order valence-corrected chi connectivity index (χ3v) is 4.50. The minimum absolute atomic E-state index is 0.602. The van der Waals surface area contributed by atoms with Crippen molar-refractivity contribution in [2.24, 2.45) is 0 Å². The fraction of sp³-hybridized carbons (Fsp3) is 0.652. The molecule has 0 radical (unpaired) electrons. The maximum absolute atomic E-state index is 10.8. The summed E-state index contributed by atoms with van der Waals surface area (Å²) in [5, 5.41) is 10.8. The van der Waals surface area contributed by atoms with E-state index in [0.29, 0.717) is 0 Å². The largest absolute Gasteiger partial charge is 0.389 e. The van der Waals surface area contributed by atoms with Crippen LogP contribution in [0.3, 0.4) is 0 Å². The summed E-state index contributed by atoms with van der Waals surface area (Å²) >= 11 is 0. The van der Waals surface area contributed by atoms with Gasteiger partial charge in [-0.2, -0.15) is 0 Å². The molecule has 0 fully saturated rings. The van der Waals surface area contributed by atoms with Gasteiger partial charge in [-0.1, -0.05) is 53.5 Å². The predicted molar refractivity (Wildman–Crippen MR) is 109 cm³/mol. The molecule has 0 heterocycles. The van der Waals surface area contributed by atoms with Crippen LogP contribution in [0.25, 0.3) is 0 Å². The molecule has 138 valence electrons. The van der Waals surface area contributed by atoms with Gasteiger partial charge in [-0.3, -0.25) is 0 Å². The van der Waals surface area contributed by atoms with E-state index < -0.39 is 5.60 Å². The van der Waals surface area contributed by atoms with Gasteiger partial charge in [-0.25, -0.2) is 0 Å². The van der Waals surface area contributed by atoms with Crippen molar-refractivity contribution in [3.8, 4) is 0 Å². The Morgan fingerprint density at radius 2 is 1.08 bits per heavy atom. The lowest BCUT2D eigenvalue weighted by molar-refractivity contribution is 0.0418. The van der Waals surface area contributed by atoms with Crippen LogP contribution in [-0.2, 0) is 0 Å². The Bertz CT molecular complexity index is 426. The smallest absolute Gasteiger partial charge is 0.0713 e. The highest BCUT2D eigenvalue weighted by molar-refractivity contribution is 5.08. The molecule has 0 aliphatic carbocycles. The molecule has 1 nitrogen and oxygen atoms in total. The molecule has 0 aliphatic heterocycles. The van der Waals surface area contributed by atoms with Crippen LogP contribution in [0.2, 0.25) is 0 Å². The van der Waals surface area contributed by atoms with E-state index in [4.69, 9.17) is 0 Å². The molecule has 0 aromatic heterocycles. The summed E-state index contributed by atoms with van der Waals surface area (Å²) in [5.74, 6) is 0. The molecule has 0 aromatic rings. The van der Waals surface area contributed by atoms with E-state index in [9.17, 15) is 5.11 Å². The van der Waals surface area contributed by atoms with Gasteiger partial charge in [0, 0.05) is 0 Å². The Labute approximate surface area is 151 Å². The summed E-state index contributed by atoms with van der Waals surface area (Å²) in [6, 6.07) is 0. The number of allylic oxidation sites excluding steroid dienone is 6. The van der Waals surface area contributed by atoms with Crippen LogP contribution < -0.4 is 0 Å². The monoisotopic (exact) mass is 332 g/mol. The van der Waals surface area contributed by atoms with Crippen molar-refractivity contribution in [1.29, 1.82) is 0 Å². The lowest BCUT2D eigenvalue weighted by Crippen LogP contribution is -2.26. The van der Waals surface area contributed by atoms with E-state index in [1.54, 1.807) is 0 Å². The molecule has 0 bridgehead atoms. The molecule has 1 N–H and O–H groups in total. The summed E-state index contributed by atoms with van der Waals surface area (Å²) < 4.78 is 0. The molecular formula is C23H40O. The minimum atomic E-state index is -0.602. The van der Waals surface area contributed by atoms with Gasteiger partial charge in [0.15, 0.2) is 0 Å². The van der Waals surface area contributed by atoms with Gasteiger partial charge in [0.05, 0.1) is 5.60 Å². The van der Waals surface area contributed by atoms with Crippen molar-refractivity contribution in [2.75, 3.05) is 0 Å². The second kappa shape index (κ2) is 12.3. The fourth-order valence-corrected chi connectivity index (χ4v) is 2.48. The third-order valence-electron chi connectivity index (χ3n) is 4.50. The molecular weight excluding hydrogens is 292 g/mol. The van der Waals surface area contributed by atoms with Crippen molar-refractivity contribution in [2.45, 2.75) is 99.0 Å². The summed E-state index contributed by atoms with van der Waals surface area (Å²) in [6.07, 6.45) is 15.7. The first-order valence-electron chi connectivity index (χ1n) is 9.49. The summed E-state index contributed by atoms with van der Waals surface area (Å²) in [6.45, 7) is 15.0. The van der Waals surface area contributed by atoms with Crippen molar-refractivity contribution < 1.29 is 5.11 Å². The minimum Gasteiger partial charge on any atom is -0.389 e. The predicted octanol–water partition coefficient (Wildman–Crippen LogP) is 7.29.